The Hall–Kier alpha value is -2.83. The average Bonchev–Trinajstić information content (AvgIpc) is 3.16. The fraction of sp³-hybridized carbons (Fsp3) is 0.368. The van der Waals surface area contributed by atoms with Crippen molar-refractivity contribution in [1.29, 1.82) is 0 Å². The zero-order valence-corrected chi connectivity index (χ0v) is 14.9. The predicted molar refractivity (Wildman–Crippen MR) is 94.8 cm³/mol. The number of hydrogen-bond acceptors (Lipinski definition) is 3. The highest BCUT2D eigenvalue weighted by atomic mass is 19.1. The molecular weight excluding hydrogens is 337 g/mol. The third kappa shape index (κ3) is 3.87. The van der Waals surface area contributed by atoms with Gasteiger partial charge in [-0.15, -0.1) is 0 Å². The SMILES string of the molecule is CC(C)Oc1ccc(C(=O)N2CCN(C(=O)c3ccc[nH]3)CC2)cc1F. The molecule has 0 bridgehead atoms. The summed E-state index contributed by atoms with van der Waals surface area (Å²) in [5, 5.41) is 0. The molecule has 1 aromatic carbocycles. The number of nitrogens with one attached hydrogen (secondary N) is 1. The number of hydrogen-bond donors (Lipinski definition) is 1. The van der Waals surface area contributed by atoms with E-state index in [1.54, 1.807) is 34.2 Å². The number of benzene rings is 1. The molecule has 1 fully saturated rings. The summed E-state index contributed by atoms with van der Waals surface area (Å²) in [6.45, 7) is 5.34. The first-order chi connectivity index (χ1) is 12.5. The topological polar surface area (TPSA) is 65.6 Å². The van der Waals surface area contributed by atoms with Crippen molar-refractivity contribution in [3.05, 3.63) is 53.6 Å². The molecular formula is C19H22FN3O3. The second kappa shape index (κ2) is 7.59. The van der Waals surface area contributed by atoms with Gasteiger partial charge in [-0.25, -0.2) is 4.39 Å². The van der Waals surface area contributed by atoms with Gasteiger partial charge in [-0.2, -0.15) is 0 Å². The molecule has 0 radical (unpaired) electrons. The van der Waals surface area contributed by atoms with E-state index in [1.165, 1.54) is 12.1 Å². The lowest BCUT2D eigenvalue weighted by Crippen LogP contribution is -2.50. The number of halogens is 1. The van der Waals surface area contributed by atoms with Gasteiger partial charge in [-0.3, -0.25) is 9.59 Å². The maximum Gasteiger partial charge on any atom is 0.270 e. The highest BCUT2D eigenvalue weighted by Gasteiger charge is 2.26. The molecule has 2 amide bonds. The van der Waals surface area contributed by atoms with E-state index in [9.17, 15) is 14.0 Å². The first-order valence-corrected chi connectivity index (χ1v) is 8.64. The molecule has 2 heterocycles. The van der Waals surface area contributed by atoms with Gasteiger partial charge in [0.25, 0.3) is 11.8 Å². The summed E-state index contributed by atoms with van der Waals surface area (Å²) < 4.78 is 19.5. The van der Waals surface area contributed by atoms with E-state index in [-0.39, 0.29) is 29.2 Å². The van der Waals surface area contributed by atoms with E-state index in [4.69, 9.17) is 4.74 Å². The molecule has 7 heteroatoms. The zero-order valence-electron chi connectivity index (χ0n) is 14.9. The molecule has 6 nitrogen and oxygen atoms in total. The van der Waals surface area contributed by atoms with Gasteiger partial charge in [0.2, 0.25) is 0 Å². The van der Waals surface area contributed by atoms with E-state index >= 15 is 0 Å². The number of rotatable bonds is 4. The molecule has 2 aromatic rings. The third-order valence-electron chi connectivity index (χ3n) is 4.22. The first kappa shape index (κ1) is 18.0. The lowest BCUT2D eigenvalue weighted by molar-refractivity contribution is 0.0532. The van der Waals surface area contributed by atoms with Crippen molar-refractivity contribution < 1.29 is 18.7 Å². The van der Waals surface area contributed by atoms with E-state index < -0.39 is 5.82 Å². The summed E-state index contributed by atoms with van der Waals surface area (Å²) in [4.78, 5) is 31.1. The second-order valence-electron chi connectivity index (χ2n) is 6.48. The molecule has 1 N–H and O–H groups in total. The Morgan fingerprint density at radius 3 is 2.27 bits per heavy atom. The van der Waals surface area contributed by atoms with Gasteiger partial charge in [0, 0.05) is 37.9 Å². The van der Waals surface area contributed by atoms with Gasteiger partial charge < -0.3 is 19.5 Å². The maximum absolute atomic E-state index is 14.1. The highest BCUT2D eigenvalue weighted by molar-refractivity contribution is 5.95. The van der Waals surface area contributed by atoms with Gasteiger partial charge >= 0.3 is 0 Å². The van der Waals surface area contributed by atoms with Gasteiger partial charge in [0.15, 0.2) is 11.6 Å². The van der Waals surface area contributed by atoms with Crippen LogP contribution in [0, 0.1) is 5.82 Å². The second-order valence-corrected chi connectivity index (χ2v) is 6.48. The summed E-state index contributed by atoms with van der Waals surface area (Å²) >= 11 is 0. The van der Waals surface area contributed by atoms with E-state index in [0.717, 1.165) is 0 Å². The molecule has 26 heavy (non-hydrogen) atoms. The summed E-state index contributed by atoms with van der Waals surface area (Å²) in [6, 6.07) is 7.75. The van der Waals surface area contributed by atoms with Crippen LogP contribution in [-0.2, 0) is 0 Å². The molecule has 0 unspecified atom stereocenters. The van der Waals surface area contributed by atoms with Crippen LogP contribution in [0.1, 0.15) is 34.7 Å². The number of carbonyl (C=O) groups excluding carboxylic acids is 2. The Labute approximate surface area is 151 Å². The van der Waals surface area contributed by atoms with Crippen LogP contribution in [0.2, 0.25) is 0 Å². The van der Waals surface area contributed by atoms with Crippen LogP contribution < -0.4 is 4.74 Å². The number of piperazine rings is 1. The van der Waals surface area contributed by atoms with Crippen molar-refractivity contribution in [3.63, 3.8) is 0 Å². The van der Waals surface area contributed by atoms with Gasteiger partial charge in [-0.1, -0.05) is 0 Å². The number of nitrogens with zero attached hydrogens (tertiary/aromatic N) is 2. The quantitative estimate of drug-likeness (QED) is 0.912. The molecule has 3 rings (SSSR count). The fourth-order valence-electron chi connectivity index (χ4n) is 2.91. The van der Waals surface area contributed by atoms with E-state index in [2.05, 4.69) is 4.98 Å². The molecule has 0 aliphatic carbocycles. The Bertz CT molecular complexity index is 781. The maximum atomic E-state index is 14.1. The van der Waals surface area contributed by atoms with Crippen LogP contribution in [0.5, 0.6) is 5.75 Å². The van der Waals surface area contributed by atoms with Crippen LogP contribution in [0.15, 0.2) is 36.5 Å². The number of H-pyrrole nitrogens is 1. The molecule has 0 spiro atoms. The van der Waals surface area contributed by atoms with E-state index in [0.29, 0.717) is 31.9 Å². The standard InChI is InChI=1S/C19H22FN3O3/c1-13(2)26-17-6-5-14(12-15(17)20)18(24)22-8-10-23(11-9-22)19(25)16-4-3-7-21-16/h3-7,12-13,21H,8-11H2,1-2H3. The van der Waals surface area contributed by atoms with Crippen molar-refractivity contribution in [3.8, 4) is 5.75 Å². The summed E-state index contributed by atoms with van der Waals surface area (Å²) in [7, 11) is 0. The third-order valence-corrected chi connectivity index (χ3v) is 4.22. The van der Waals surface area contributed by atoms with Crippen LogP contribution in [-0.4, -0.2) is 58.9 Å². The van der Waals surface area contributed by atoms with Crippen LogP contribution in [0.4, 0.5) is 4.39 Å². The Morgan fingerprint density at radius 2 is 1.73 bits per heavy atom. The summed E-state index contributed by atoms with van der Waals surface area (Å²) in [6.07, 6.45) is 1.56. The number of carbonyl (C=O) groups is 2. The minimum absolute atomic E-state index is 0.0802. The molecule has 138 valence electrons. The minimum atomic E-state index is -0.551. The van der Waals surface area contributed by atoms with E-state index in [1.807, 2.05) is 13.8 Å². The van der Waals surface area contributed by atoms with Crippen LogP contribution in [0.25, 0.3) is 0 Å². The summed E-state index contributed by atoms with van der Waals surface area (Å²) in [5.74, 6) is -0.738. The number of ether oxygens (including phenoxy) is 1. The molecule has 1 saturated heterocycles. The Balaban J connectivity index is 1.61. The largest absolute Gasteiger partial charge is 0.488 e. The van der Waals surface area contributed by atoms with Crippen LogP contribution >= 0.6 is 0 Å². The molecule has 1 aromatic heterocycles. The molecule has 0 atom stereocenters. The summed E-state index contributed by atoms with van der Waals surface area (Å²) in [5.41, 5.74) is 0.815. The molecule has 1 aliphatic heterocycles. The van der Waals surface area contributed by atoms with Crippen molar-refractivity contribution in [1.82, 2.24) is 14.8 Å². The average molecular weight is 359 g/mol. The minimum Gasteiger partial charge on any atom is -0.488 e. The van der Waals surface area contributed by atoms with Gasteiger partial charge in [0.1, 0.15) is 5.69 Å². The van der Waals surface area contributed by atoms with Gasteiger partial charge in [-0.05, 0) is 44.2 Å². The highest BCUT2D eigenvalue weighted by Crippen LogP contribution is 2.21. The first-order valence-electron chi connectivity index (χ1n) is 8.64. The number of aromatic nitrogens is 1. The lowest BCUT2D eigenvalue weighted by atomic mass is 10.1. The fourth-order valence-corrected chi connectivity index (χ4v) is 2.91. The van der Waals surface area contributed by atoms with Crippen LogP contribution in [0.3, 0.4) is 0 Å². The normalized spacial score (nSPS) is 14.6. The smallest absolute Gasteiger partial charge is 0.270 e. The zero-order chi connectivity index (χ0) is 18.7. The molecule has 0 saturated carbocycles. The number of amides is 2. The van der Waals surface area contributed by atoms with Gasteiger partial charge in [0.05, 0.1) is 6.10 Å². The van der Waals surface area contributed by atoms with Crippen molar-refractivity contribution in [2.75, 3.05) is 26.2 Å². The Morgan fingerprint density at radius 1 is 1.08 bits per heavy atom. The monoisotopic (exact) mass is 359 g/mol. The van der Waals surface area contributed by atoms with Crippen molar-refractivity contribution in [2.24, 2.45) is 0 Å². The van der Waals surface area contributed by atoms with Crippen molar-refractivity contribution >= 4 is 11.8 Å². The molecule has 1 aliphatic rings. The Kier molecular flexibility index (Phi) is 5.25. The lowest BCUT2D eigenvalue weighted by Gasteiger charge is -2.34. The number of aromatic amines is 1. The predicted octanol–water partition coefficient (Wildman–Crippen LogP) is 2.54. The van der Waals surface area contributed by atoms with Crippen molar-refractivity contribution in [2.45, 2.75) is 20.0 Å².